The maximum absolute atomic E-state index is 12.4. The van der Waals surface area contributed by atoms with Gasteiger partial charge in [0.05, 0.1) is 25.3 Å². The van der Waals surface area contributed by atoms with E-state index in [1.807, 2.05) is 35.2 Å². The summed E-state index contributed by atoms with van der Waals surface area (Å²) in [7, 11) is 0. The van der Waals surface area contributed by atoms with Crippen molar-refractivity contribution in [3.05, 3.63) is 42.7 Å². The number of hydrogen-bond acceptors (Lipinski definition) is 8. The van der Waals surface area contributed by atoms with Gasteiger partial charge in [-0.3, -0.25) is 9.78 Å². The van der Waals surface area contributed by atoms with E-state index in [4.69, 9.17) is 9.26 Å². The molecule has 152 valence electrons. The van der Waals surface area contributed by atoms with Crippen LogP contribution in [0.2, 0.25) is 0 Å². The van der Waals surface area contributed by atoms with Gasteiger partial charge in [-0.05, 0) is 30.3 Å². The third-order valence-corrected chi connectivity index (χ3v) is 5.03. The Morgan fingerprint density at radius 2 is 1.90 bits per heavy atom. The highest BCUT2D eigenvalue weighted by molar-refractivity contribution is 5.80. The summed E-state index contributed by atoms with van der Waals surface area (Å²) in [6, 6.07) is 9.29. The zero-order valence-corrected chi connectivity index (χ0v) is 16.1. The van der Waals surface area contributed by atoms with Gasteiger partial charge in [-0.15, -0.1) is 5.10 Å². The molecule has 0 spiro atoms. The third kappa shape index (κ3) is 3.64. The number of amides is 1. The molecule has 3 aromatic heterocycles. The minimum atomic E-state index is 0.106. The predicted octanol–water partition coefficient (Wildman–Crippen LogP) is 1.79. The largest absolute Gasteiger partial charge is 0.378 e. The number of carbonyl (C=O) groups is 1. The lowest BCUT2D eigenvalue weighted by Gasteiger charge is -2.26. The predicted molar refractivity (Wildman–Crippen MR) is 106 cm³/mol. The SMILES string of the molecule is O=C(CCn1nnc2cc(-c3noc(-c4ccncc4)n3)ccc21)N1CCOCC1. The summed E-state index contributed by atoms with van der Waals surface area (Å²) < 4.78 is 12.4. The fourth-order valence-electron chi connectivity index (χ4n) is 3.40. The van der Waals surface area contributed by atoms with Crippen molar-refractivity contribution in [2.45, 2.75) is 13.0 Å². The number of benzene rings is 1. The molecule has 0 unspecified atom stereocenters. The number of carbonyl (C=O) groups excluding carboxylic acids is 1. The zero-order valence-electron chi connectivity index (χ0n) is 16.1. The topological polar surface area (TPSA) is 112 Å². The summed E-state index contributed by atoms with van der Waals surface area (Å²) in [5.74, 6) is 1.01. The van der Waals surface area contributed by atoms with Gasteiger partial charge in [0.2, 0.25) is 11.7 Å². The maximum Gasteiger partial charge on any atom is 0.258 e. The molecule has 0 N–H and O–H groups in total. The van der Waals surface area contributed by atoms with Gasteiger partial charge in [0.1, 0.15) is 5.52 Å². The summed E-state index contributed by atoms with van der Waals surface area (Å²) >= 11 is 0. The van der Waals surface area contributed by atoms with Crippen LogP contribution in [0.15, 0.2) is 47.2 Å². The van der Waals surface area contributed by atoms with Crippen LogP contribution in [0, 0.1) is 0 Å². The number of fused-ring (bicyclic) bond motifs is 1. The fraction of sp³-hybridized carbons (Fsp3) is 0.300. The first kappa shape index (κ1) is 18.4. The molecule has 0 atom stereocenters. The molecule has 1 saturated heterocycles. The van der Waals surface area contributed by atoms with E-state index in [-0.39, 0.29) is 5.91 Å². The van der Waals surface area contributed by atoms with Crippen LogP contribution < -0.4 is 0 Å². The maximum atomic E-state index is 12.4. The average molecular weight is 405 g/mol. The Hall–Kier alpha value is -3.66. The number of ether oxygens (including phenoxy) is 1. The van der Waals surface area contributed by atoms with E-state index in [1.165, 1.54) is 0 Å². The molecule has 4 heterocycles. The molecule has 5 rings (SSSR count). The van der Waals surface area contributed by atoms with Crippen molar-refractivity contribution in [2.75, 3.05) is 26.3 Å². The van der Waals surface area contributed by atoms with Crippen LogP contribution in [0.3, 0.4) is 0 Å². The van der Waals surface area contributed by atoms with Crippen LogP contribution in [0.4, 0.5) is 0 Å². The van der Waals surface area contributed by atoms with Gasteiger partial charge in [-0.25, -0.2) is 4.68 Å². The van der Waals surface area contributed by atoms with Crippen LogP contribution in [-0.4, -0.2) is 67.2 Å². The molecule has 0 aliphatic carbocycles. The van der Waals surface area contributed by atoms with Gasteiger partial charge >= 0.3 is 0 Å². The molecule has 1 amide bonds. The van der Waals surface area contributed by atoms with Gasteiger partial charge in [-0.1, -0.05) is 10.4 Å². The van der Waals surface area contributed by atoms with E-state index in [0.717, 1.165) is 16.6 Å². The first-order valence-corrected chi connectivity index (χ1v) is 9.71. The van der Waals surface area contributed by atoms with Gasteiger partial charge < -0.3 is 14.2 Å². The Balaban J connectivity index is 1.31. The lowest BCUT2D eigenvalue weighted by molar-refractivity contribution is -0.135. The molecule has 1 fully saturated rings. The number of aromatic nitrogens is 6. The number of aryl methyl sites for hydroxylation is 1. The molecule has 1 aliphatic rings. The Labute approximate surface area is 171 Å². The van der Waals surface area contributed by atoms with Crippen LogP contribution in [0.25, 0.3) is 33.9 Å². The van der Waals surface area contributed by atoms with Crippen LogP contribution in [0.1, 0.15) is 6.42 Å². The highest BCUT2D eigenvalue weighted by Crippen LogP contribution is 2.24. The van der Waals surface area contributed by atoms with Crippen molar-refractivity contribution in [3.8, 4) is 22.8 Å². The second kappa shape index (κ2) is 7.99. The summed E-state index contributed by atoms with van der Waals surface area (Å²) in [4.78, 5) is 22.6. The van der Waals surface area contributed by atoms with Crippen molar-refractivity contribution >= 4 is 16.9 Å². The van der Waals surface area contributed by atoms with Crippen molar-refractivity contribution in [1.82, 2.24) is 35.0 Å². The number of morpholine rings is 1. The Morgan fingerprint density at radius 1 is 1.07 bits per heavy atom. The fourth-order valence-corrected chi connectivity index (χ4v) is 3.40. The number of hydrogen-bond donors (Lipinski definition) is 0. The van der Waals surface area contributed by atoms with Crippen LogP contribution >= 0.6 is 0 Å². The van der Waals surface area contributed by atoms with Crippen molar-refractivity contribution in [1.29, 1.82) is 0 Å². The average Bonchev–Trinajstić information content (AvgIpc) is 3.46. The normalized spacial score (nSPS) is 14.3. The molecule has 10 heteroatoms. The van der Waals surface area contributed by atoms with Gasteiger partial charge in [0, 0.05) is 43.0 Å². The quantitative estimate of drug-likeness (QED) is 0.494. The molecule has 0 bridgehead atoms. The Morgan fingerprint density at radius 3 is 2.73 bits per heavy atom. The molecular weight excluding hydrogens is 386 g/mol. The van der Waals surface area contributed by atoms with E-state index in [1.54, 1.807) is 17.1 Å². The van der Waals surface area contributed by atoms with Gasteiger partial charge in [-0.2, -0.15) is 4.98 Å². The second-order valence-electron chi connectivity index (χ2n) is 6.92. The minimum Gasteiger partial charge on any atom is -0.378 e. The number of rotatable bonds is 5. The molecular formula is C20H19N7O3. The summed E-state index contributed by atoms with van der Waals surface area (Å²) in [5, 5.41) is 12.5. The molecule has 10 nitrogen and oxygen atoms in total. The molecule has 1 aliphatic heterocycles. The van der Waals surface area contributed by atoms with Gasteiger partial charge in [0.25, 0.3) is 5.89 Å². The van der Waals surface area contributed by atoms with E-state index in [0.29, 0.717) is 56.5 Å². The summed E-state index contributed by atoms with van der Waals surface area (Å²) in [6.45, 7) is 2.96. The van der Waals surface area contributed by atoms with Crippen molar-refractivity contribution in [2.24, 2.45) is 0 Å². The number of nitrogens with zero attached hydrogens (tertiary/aromatic N) is 7. The first-order valence-electron chi connectivity index (χ1n) is 9.71. The van der Waals surface area contributed by atoms with E-state index < -0.39 is 0 Å². The van der Waals surface area contributed by atoms with E-state index >= 15 is 0 Å². The molecule has 30 heavy (non-hydrogen) atoms. The van der Waals surface area contributed by atoms with E-state index in [2.05, 4.69) is 25.4 Å². The molecule has 0 radical (unpaired) electrons. The van der Waals surface area contributed by atoms with Crippen LogP contribution in [0.5, 0.6) is 0 Å². The van der Waals surface area contributed by atoms with Crippen LogP contribution in [-0.2, 0) is 16.1 Å². The van der Waals surface area contributed by atoms with E-state index in [9.17, 15) is 4.79 Å². The molecule has 1 aromatic carbocycles. The second-order valence-corrected chi connectivity index (χ2v) is 6.92. The minimum absolute atomic E-state index is 0.106. The monoisotopic (exact) mass is 405 g/mol. The smallest absolute Gasteiger partial charge is 0.258 e. The lowest BCUT2D eigenvalue weighted by Crippen LogP contribution is -2.41. The Kier molecular flexibility index (Phi) is 4.89. The summed E-state index contributed by atoms with van der Waals surface area (Å²) in [6.07, 6.45) is 3.72. The first-order chi connectivity index (χ1) is 14.8. The third-order valence-electron chi connectivity index (χ3n) is 5.03. The van der Waals surface area contributed by atoms with Gasteiger partial charge in [0.15, 0.2) is 0 Å². The van der Waals surface area contributed by atoms with Crippen molar-refractivity contribution in [3.63, 3.8) is 0 Å². The number of pyridine rings is 1. The standard InChI is InChI=1S/C20H19N7O3/c28-18(26-9-11-29-12-10-26)5-8-27-17-2-1-15(13-16(17)23-25-27)19-22-20(30-24-19)14-3-6-21-7-4-14/h1-4,6-7,13H,5,8-12H2. The highest BCUT2D eigenvalue weighted by Gasteiger charge is 2.18. The lowest BCUT2D eigenvalue weighted by atomic mass is 10.2. The summed E-state index contributed by atoms with van der Waals surface area (Å²) in [5.41, 5.74) is 3.15. The highest BCUT2D eigenvalue weighted by atomic mass is 16.5. The molecule has 0 saturated carbocycles. The Bertz CT molecular complexity index is 1170. The zero-order chi connectivity index (χ0) is 20.3. The molecule has 4 aromatic rings. The van der Waals surface area contributed by atoms with Crippen molar-refractivity contribution < 1.29 is 14.1 Å².